The van der Waals surface area contributed by atoms with Crippen molar-refractivity contribution in [1.29, 1.82) is 0 Å². The molecule has 28 heavy (non-hydrogen) atoms. The highest BCUT2D eigenvalue weighted by Gasteiger charge is 2.21. The summed E-state index contributed by atoms with van der Waals surface area (Å²) in [6, 6.07) is 10.2. The fraction of sp³-hybridized carbons (Fsp3) is 0.364. The van der Waals surface area contributed by atoms with E-state index in [4.69, 9.17) is 9.47 Å². The molecule has 0 bridgehead atoms. The lowest BCUT2D eigenvalue weighted by Gasteiger charge is -2.20. The third-order valence-corrected chi connectivity index (χ3v) is 5.10. The van der Waals surface area contributed by atoms with Crippen LogP contribution < -0.4 is 14.8 Å². The number of aryl methyl sites for hydroxylation is 2. The Bertz CT molecular complexity index is 877. The maximum Gasteiger partial charge on any atom is 0.305 e. The number of carboxylic acids is 1. The molecule has 0 spiro atoms. The van der Waals surface area contributed by atoms with Gasteiger partial charge < -0.3 is 19.9 Å². The van der Waals surface area contributed by atoms with E-state index in [1.165, 1.54) is 31.8 Å². The molecule has 6 heteroatoms. The second-order valence-corrected chi connectivity index (χ2v) is 6.93. The van der Waals surface area contributed by atoms with E-state index < -0.39 is 12.0 Å². The lowest BCUT2D eigenvalue weighted by Crippen LogP contribution is -2.30. The van der Waals surface area contributed by atoms with E-state index in [9.17, 15) is 14.7 Å². The summed E-state index contributed by atoms with van der Waals surface area (Å²) >= 11 is 0. The van der Waals surface area contributed by atoms with Crippen molar-refractivity contribution >= 4 is 11.9 Å². The van der Waals surface area contributed by atoms with Crippen LogP contribution in [-0.4, -0.2) is 31.2 Å². The Balaban J connectivity index is 1.84. The summed E-state index contributed by atoms with van der Waals surface area (Å²) < 4.78 is 10.5. The molecule has 1 unspecified atom stereocenters. The highest BCUT2D eigenvalue weighted by atomic mass is 16.5. The Hall–Kier alpha value is -3.02. The quantitative estimate of drug-likeness (QED) is 0.764. The number of carbonyl (C=O) groups is 2. The molecule has 148 valence electrons. The molecule has 2 aromatic rings. The zero-order valence-electron chi connectivity index (χ0n) is 16.2. The molecule has 1 aliphatic carbocycles. The summed E-state index contributed by atoms with van der Waals surface area (Å²) in [5.74, 6) is -0.250. The van der Waals surface area contributed by atoms with Crippen LogP contribution in [0.3, 0.4) is 0 Å². The number of amides is 1. The van der Waals surface area contributed by atoms with Gasteiger partial charge in [0.1, 0.15) is 0 Å². The number of carbonyl (C=O) groups excluding carboxylic acids is 1. The van der Waals surface area contributed by atoms with E-state index in [-0.39, 0.29) is 12.3 Å². The van der Waals surface area contributed by atoms with Crippen LogP contribution in [-0.2, 0) is 17.6 Å². The lowest BCUT2D eigenvalue weighted by atomic mass is 9.90. The molecule has 3 rings (SSSR count). The van der Waals surface area contributed by atoms with Crippen molar-refractivity contribution in [2.24, 2.45) is 0 Å². The van der Waals surface area contributed by atoms with Gasteiger partial charge in [-0.3, -0.25) is 9.59 Å². The minimum absolute atomic E-state index is 0.230. The maximum absolute atomic E-state index is 12.8. The van der Waals surface area contributed by atoms with Gasteiger partial charge in [-0.1, -0.05) is 12.1 Å². The highest BCUT2D eigenvalue weighted by molar-refractivity contribution is 5.95. The normalized spacial score (nSPS) is 13.9. The zero-order chi connectivity index (χ0) is 20.1. The number of rotatable bonds is 7. The number of benzene rings is 2. The first kappa shape index (κ1) is 19.7. The van der Waals surface area contributed by atoms with Crippen LogP contribution >= 0.6 is 0 Å². The molecule has 1 atom stereocenters. The molecule has 0 saturated carbocycles. The van der Waals surface area contributed by atoms with Crippen molar-refractivity contribution < 1.29 is 24.2 Å². The van der Waals surface area contributed by atoms with E-state index >= 15 is 0 Å². The van der Waals surface area contributed by atoms with Gasteiger partial charge in [0.2, 0.25) is 0 Å². The topological polar surface area (TPSA) is 84.9 Å². The summed E-state index contributed by atoms with van der Waals surface area (Å²) in [6.07, 6.45) is 4.10. The molecule has 6 nitrogen and oxygen atoms in total. The van der Waals surface area contributed by atoms with Crippen molar-refractivity contribution in [1.82, 2.24) is 5.32 Å². The van der Waals surface area contributed by atoms with Gasteiger partial charge in [-0.15, -0.1) is 0 Å². The first-order valence-corrected chi connectivity index (χ1v) is 9.38. The van der Waals surface area contributed by atoms with Crippen molar-refractivity contribution in [3.8, 4) is 11.5 Å². The predicted molar refractivity (Wildman–Crippen MR) is 105 cm³/mol. The summed E-state index contributed by atoms with van der Waals surface area (Å²) in [4.78, 5) is 24.2. The van der Waals surface area contributed by atoms with Gasteiger partial charge in [0.25, 0.3) is 5.91 Å². The molecule has 0 fully saturated rings. The number of ether oxygens (including phenoxy) is 2. The van der Waals surface area contributed by atoms with Gasteiger partial charge in [-0.05, 0) is 66.6 Å². The highest BCUT2D eigenvalue weighted by Crippen LogP contribution is 2.31. The molecule has 1 aliphatic rings. The van der Waals surface area contributed by atoms with Crippen molar-refractivity contribution in [2.75, 3.05) is 14.2 Å². The van der Waals surface area contributed by atoms with Gasteiger partial charge in [-0.2, -0.15) is 0 Å². The Morgan fingerprint density at radius 1 is 1.00 bits per heavy atom. The molecular formula is C22H25NO5. The first-order valence-electron chi connectivity index (χ1n) is 9.38. The predicted octanol–water partition coefficient (Wildman–Crippen LogP) is 3.53. The van der Waals surface area contributed by atoms with E-state index in [1.54, 1.807) is 18.2 Å². The number of hydrogen-bond donors (Lipinski definition) is 2. The minimum Gasteiger partial charge on any atom is -0.493 e. The van der Waals surface area contributed by atoms with Crippen LogP contribution in [0.4, 0.5) is 0 Å². The van der Waals surface area contributed by atoms with Gasteiger partial charge >= 0.3 is 5.97 Å². The van der Waals surface area contributed by atoms with Crippen LogP contribution in [0.25, 0.3) is 0 Å². The van der Waals surface area contributed by atoms with Crippen LogP contribution in [0.15, 0.2) is 36.4 Å². The summed E-state index contributed by atoms with van der Waals surface area (Å²) in [5, 5.41) is 12.2. The lowest BCUT2D eigenvalue weighted by molar-refractivity contribution is -0.137. The van der Waals surface area contributed by atoms with E-state index in [0.29, 0.717) is 22.6 Å². The number of nitrogens with one attached hydrogen (secondary N) is 1. The second-order valence-electron chi connectivity index (χ2n) is 6.93. The van der Waals surface area contributed by atoms with Gasteiger partial charge in [-0.25, -0.2) is 0 Å². The van der Waals surface area contributed by atoms with Gasteiger partial charge in [0, 0.05) is 5.56 Å². The molecule has 0 aromatic heterocycles. The minimum atomic E-state index is -0.995. The number of methoxy groups -OCH3 is 2. The fourth-order valence-corrected chi connectivity index (χ4v) is 3.61. The fourth-order valence-electron chi connectivity index (χ4n) is 3.61. The molecule has 1 amide bonds. The third-order valence-electron chi connectivity index (χ3n) is 5.10. The van der Waals surface area contributed by atoms with Crippen molar-refractivity contribution in [2.45, 2.75) is 38.1 Å². The number of hydrogen-bond acceptors (Lipinski definition) is 4. The average Bonchev–Trinajstić information content (AvgIpc) is 2.71. The zero-order valence-corrected chi connectivity index (χ0v) is 16.2. The molecule has 0 saturated heterocycles. The van der Waals surface area contributed by atoms with Crippen LogP contribution in [0, 0.1) is 0 Å². The monoisotopic (exact) mass is 383 g/mol. The Morgan fingerprint density at radius 3 is 2.39 bits per heavy atom. The summed E-state index contributed by atoms with van der Waals surface area (Å²) in [7, 11) is 3.05. The van der Waals surface area contributed by atoms with Gasteiger partial charge in [0.15, 0.2) is 11.5 Å². The second kappa shape index (κ2) is 8.78. The summed E-state index contributed by atoms with van der Waals surface area (Å²) in [5.41, 5.74) is 3.70. The number of aliphatic carboxylic acids is 1. The molecule has 0 aliphatic heterocycles. The number of carboxylic acid groups (broad SMARTS) is 1. The van der Waals surface area contributed by atoms with Crippen molar-refractivity contribution in [3.63, 3.8) is 0 Å². The Labute approximate surface area is 164 Å². The first-order chi connectivity index (χ1) is 13.5. The van der Waals surface area contributed by atoms with E-state index in [2.05, 4.69) is 5.32 Å². The Morgan fingerprint density at radius 2 is 1.71 bits per heavy atom. The number of fused-ring (bicyclic) bond motifs is 1. The van der Waals surface area contributed by atoms with E-state index in [1.807, 2.05) is 18.2 Å². The maximum atomic E-state index is 12.8. The van der Waals surface area contributed by atoms with Crippen molar-refractivity contribution in [3.05, 3.63) is 58.7 Å². The SMILES string of the molecule is COc1ccc(C(CC(=O)O)NC(=O)c2ccc3c(c2)CCCC3)cc1OC. The molecule has 0 heterocycles. The summed E-state index contributed by atoms with van der Waals surface area (Å²) in [6.45, 7) is 0. The van der Waals surface area contributed by atoms with Crippen LogP contribution in [0.1, 0.15) is 52.4 Å². The third kappa shape index (κ3) is 4.44. The molecular weight excluding hydrogens is 358 g/mol. The van der Waals surface area contributed by atoms with Gasteiger partial charge in [0.05, 0.1) is 26.7 Å². The average molecular weight is 383 g/mol. The molecule has 2 N–H and O–H groups in total. The van der Waals surface area contributed by atoms with Crippen LogP contribution in [0.5, 0.6) is 11.5 Å². The van der Waals surface area contributed by atoms with E-state index in [0.717, 1.165) is 19.3 Å². The van der Waals surface area contributed by atoms with Crippen LogP contribution in [0.2, 0.25) is 0 Å². The molecule has 2 aromatic carbocycles. The largest absolute Gasteiger partial charge is 0.493 e. The smallest absolute Gasteiger partial charge is 0.305 e. The standard InChI is InChI=1S/C22H25NO5/c1-27-19-10-9-16(12-20(19)28-2)18(13-21(24)25)23-22(26)17-8-7-14-5-3-4-6-15(14)11-17/h7-12,18H,3-6,13H2,1-2H3,(H,23,26)(H,24,25). The Kier molecular flexibility index (Phi) is 6.19. The molecule has 0 radical (unpaired) electrons.